The highest BCUT2D eigenvalue weighted by Gasteiger charge is 2.26. The van der Waals surface area contributed by atoms with E-state index < -0.39 is 0 Å². The highest BCUT2D eigenvalue weighted by molar-refractivity contribution is 6.07. The summed E-state index contributed by atoms with van der Waals surface area (Å²) in [6, 6.07) is 14.9. The van der Waals surface area contributed by atoms with Crippen LogP contribution in [-0.2, 0) is 17.6 Å². The van der Waals surface area contributed by atoms with Crippen LogP contribution in [0, 0.1) is 0 Å². The molecule has 0 spiro atoms. The number of anilines is 2. The highest BCUT2D eigenvalue weighted by Crippen LogP contribution is 2.32. The number of nitrogens with one attached hydrogen (secondary N) is 1. The van der Waals surface area contributed by atoms with Crippen molar-refractivity contribution < 1.29 is 19.1 Å². The number of aryl methyl sites for hydroxylation is 1. The van der Waals surface area contributed by atoms with Crippen molar-refractivity contribution in [3.05, 3.63) is 77.6 Å². The number of rotatable bonds is 7. The van der Waals surface area contributed by atoms with Crippen molar-refractivity contribution in [1.29, 1.82) is 0 Å². The molecule has 4 rings (SSSR count). The van der Waals surface area contributed by atoms with Crippen LogP contribution < -0.4 is 19.7 Å². The van der Waals surface area contributed by atoms with Crippen LogP contribution in [0.4, 0.5) is 11.4 Å². The minimum absolute atomic E-state index is 0.0891. The summed E-state index contributed by atoms with van der Waals surface area (Å²) in [4.78, 5) is 31.2. The van der Waals surface area contributed by atoms with Crippen molar-refractivity contribution in [3.8, 4) is 11.5 Å². The van der Waals surface area contributed by atoms with Crippen molar-refractivity contribution in [3.63, 3.8) is 0 Å². The van der Waals surface area contributed by atoms with Gasteiger partial charge in [0.25, 0.3) is 5.91 Å². The summed E-state index contributed by atoms with van der Waals surface area (Å²) in [5.41, 5.74) is 4.12. The summed E-state index contributed by atoms with van der Waals surface area (Å²) in [6.07, 6.45) is 4.90. The van der Waals surface area contributed by atoms with E-state index in [-0.39, 0.29) is 11.8 Å². The minimum atomic E-state index is -0.0946. The van der Waals surface area contributed by atoms with Crippen molar-refractivity contribution in [2.24, 2.45) is 0 Å². The molecule has 0 unspecified atom stereocenters. The van der Waals surface area contributed by atoms with Crippen LogP contribution in [0.3, 0.4) is 0 Å². The third-order valence-electron chi connectivity index (χ3n) is 5.51. The Hall–Kier alpha value is -3.87. The van der Waals surface area contributed by atoms with Gasteiger partial charge in [0.15, 0.2) is 11.5 Å². The Labute approximate surface area is 187 Å². The van der Waals surface area contributed by atoms with Crippen LogP contribution in [0.25, 0.3) is 0 Å². The number of carbonyl (C=O) groups excluding carboxylic acids is 2. The van der Waals surface area contributed by atoms with Crippen molar-refractivity contribution in [1.82, 2.24) is 4.98 Å². The zero-order valence-electron chi connectivity index (χ0n) is 18.1. The number of pyridine rings is 1. The summed E-state index contributed by atoms with van der Waals surface area (Å²) in [5.74, 6) is 1.11. The second-order valence-electron chi connectivity index (χ2n) is 7.53. The highest BCUT2D eigenvalue weighted by atomic mass is 16.5. The molecule has 7 nitrogen and oxygen atoms in total. The smallest absolute Gasteiger partial charge is 0.259 e. The SMILES string of the molecule is COc1ccc(CCC(=O)Nc2ccc3c(c2)N(C(=O)c2cccnc2)CC3)cc1OC. The average Bonchev–Trinajstić information content (AvgIpc) is 3.25. The summed E-state index contributed by atoms with van der Waals surface area (Å²) in [7, 11) is 3.18. The maximum Gasteiger partial charge on any atom is 0.259 e. The summed E-state index contributed by atoms with van der Waals surface area (Å²) in [6.45, 7) is 0.611. The lowest BCUT2D eigenvalue weighted by molar-refractivity contribution is -0.116. The molecule has 1 N–H and O–H groups in total. The van der Waals surface area contributed by atoms with E-state index in [0.717, 1.165) is 23.2 Å². The van der Waals surface area contributed by atoms with Gasteiger partial charge in [-0.3, -0.25) is 14.6 Å². The van der Waals surface area contributed by atoms with Crippen LogP contribution in [0.5, 0.6) is 11.5 Å². The average molecular weight is 431 g/mol. The number of ether oxygens (including phenoxy) is 2. The second-order valence-corrected chi connectivity index (χ2v) is 7.53. The maximum atomic E-state index is 12.9. The number of fused-ring (bicyclic) bond motifs is 1. The third-order valence-corrected chi connectivity index (χ3v) is 5.51. The molecule has 1 aliphatic heterocycles. The molecule has 2 heterocycles. The quantitative estimate of drug-likeness (QED) is 0.614. The van der Waals surface area contributed by atoms with Gasteiger partial charge in [0.2, 0.25) is 5.91 Å². The van der Waals surface area contributed by atoms with E-state index >= 15 is 0 Å². The minimum Gasteiger partial charge on any atom is -0.493 e. The zero-order chi connectivity index (χ0) is 22.5. The first-order valence-electron chi connectivity index (χ1n) is 10.4. The van der Waals surface area contributed by atoms with E-state index in [1.165, 1.54) is 0 Å². The Morgan fingerprint density at radius 3 is 2.66 bits per heavy atom. The van der Waals surface area contributed by atoms with Gasteiger partial charge in [0.05, 0.1) is 19.8 Å². The predicted octanol–water partition coefficient (Wildman–Crippen LogP) is 3.87. The fraction of sp³-hybridized carbons (Fsp3) is 0.240. The van der Waals surface area contributed by atoms with Crippen molar-refractivity contribution >= 4 is 23.2 Å². The van der Waals surface area contributed by atoms with E-state index in [4.69, 9.17) is 9.47 Å². The Bertz CT molecular complexity index is 1130. The number of hydrogen-bond acceptors (Lipinski definition) is 5. The van der Waals surface area contributed by atoms with Gasteiger partial charge in [-0.2, -0.15) is 0 Å². The second kappa shape index (κ2) is 9.51. The maximum absolute atomic E-state index is 12.9. The first-order valence-corrected chi connectivity index (χ1v) is 10.4. The molecule has 1 aliphatic rings. The first-order chi connectivity index (χ1) is 15.6. The molecule has 7 heteroatoms. The Morgan fingerprint density at radius 2 is 1.91 bits per heavy atom. The normalized spacial score (nSPS) is 12.2. The summed E-state index contributed by atoms with van der Waals surface area (Å²) >= 11 is 0. The van der Waals surface area contributed by atoms with Crippen LogP contribution >= 0.6 is 0 Å². The van der Waals surface area contributed by atoms with Crippen LogP contribution in [0.15, 0.2) is 60.9 Å². The fourth-order valence-electron chi connectivity index (χ4n) is 3.83. The number of aromatic nitrogens is 1. The standard InChI is InChI=1S/C25H25N3O4/c1-31-22-9-5-17(14-23(22)32-2)6-10-24(29)27-20-8-7-18-11-13-28(21(18)15-20)25(30)19-4-3-12-26-16-19/h3-5,7-9,12,14-16H,6,10-11,13H2,1-2H3,(H,27,29). The molecule has 2 amide bonds. The van der Waals surface area contributed by atoms with Gasteiger partial charge in [0, 0.05) is 36.7 Å². The van der Waals surface area contributed by atoms with E-state index in [9.17, 15) is 9.59 Å². The summed E-state index contributed by atoms with van der Waals surface area (Å²) in [5, 5.41) is 2.95. The van der Waals surface area contributed by atoms with Crippen LogP contribution in [0.1, 0.15) is 27.9 Å². The van der Waals surface area contributed by atoms with Gasteiger partial charge in [-0.05, 0) is 60.4 Å². The molecule has 0 aliphatic carbocycles. The number of nitrogens with zero attached hydrogens (tertiary/aromatic N) is 2. The molecule has 0 bridgehead atoms. The number of hydrogen-bond donors (Lipinski definition) is 1. The topological polar surface area (TPSA) is 80.8 Å². The Kier molecular flexibility index (Phi) is 6.35. The zero-order valence-corrected chi connectivity index (χ0v) is 18.1. The monoisotopic (exact) mass is 431 g/mol. The number of amides is 2. The lowest BCUT2D eigenvalue weighted by Crippen LogP contribution is -2.29. The predicted molar refractivity (Wildman–Crippen MR) is 123 cm³/mol. The molecule has 0 radical (unpaired) electrons. The molecule has 164 valence electrons. The summed E-state index contributed by atoms with van der Waals surface area (Å²) < 4.78 is 10.6. The van der Waals surface area contributed by atoms with Gasteiger partial charge < -0.3 is 19.7 Å². The molecule has 3 aromatic rings. The van der Waals surface area contributed by atoms with Crippen molar-refractivity contribution in [2.75, 3.05) is 31.0 Å². The first kappa shape index (κ1) is 21.4. The number of carbonyl (C=O) groups is 2. The van der Waals surface area contributed by atoms with Gasteiger partial charge in [-0.25, -0.2) is 0 Å². The van der Waals surface area contributed by atoms with Crippen LogP contribution in [-0.4, -0.2) is 37.6 Å². The van der Waals surface area contributed by atoms with E-state index in [0.29, 0.717) is 42.1 Å². The molecule has 1 aromatic heterocycles. The van der Waals surface area contributed by atoms with Crippen molar-refractivity contribution in [2.45, 2.75) is 19.3 Å². The molecule has 0 fully saturated rings. The van der Waals surface area contributed by atoms with Gasteiger partial charge in [-0.15, -0.1) is 0 Å². The van der Waals surface area contributed by atoms with Crippen LogP contribution in [0.2, 0.25) is 0 Å². The van der Waals surface area contributed by atoms with Gasteiger partial charge >= 0.3 is 0 Å². The fourth-order valence-corrected chi connectivity index (χ4v) is 3.83. The molecular formula is C25H25N3O4. The van der Waals surface area contributed by atoms with E-state index in [1.54, 1.807) is 43.6 Å². The molecule has 0 atom stereocenters. The van der Waals surface area contributed by atoms with Gasteiger partial charge in [0.1, 0.15) is 0 Å². The lowest BCUT2D eigenvalue weighted by Gasteiger charge is -2.18. The van der Waals surface area contributed by atoms with E-state index in [2.05, 4.69) is 10.3 Å². The largest absolute Gasteiger partial charge is 0.493 e. The third kappa shape index (κ3) is 4.56. The van der Waals surface area contributed by atoms with E-state index in [1.807, 2.05) is 36.4 Å². The lowest BCUT2D eigenvalue weighted by atomic mass is 10.1. The molecule has 0 saturated heterocycles. The molecular weight excluding hydrogens is 406 g/mol. The van der Waals surface area contributed by atoms with Gasteiger partial charge in [-0.1, -0.05) is 12.1 Å². The molecule has 2 aromatic carbocycles. The number of benzene rings is 2. The Morgan fingerprint density at radius 1 is 1.06 bits per heavy atom. The number of methoxy groups -OCH3 is 2. The molecule has 0 saturated carbocycles. The Balaban J connectivity index is 1.41. The molecule has 32 heavy (non-hydrogen) atoms.